The van der Waals surface area contributed by atoms with Crippen molar-refractivity contribution in [2.24, 2.45) is 7.05 Å². The summed E-state index contributed by atoms with van der Waals surface area (Å²) < 4.78 is 21.1. The average Bonchev–Trinajstić information content (AvgIpc) is 3.71. The van der Waals surface area contributed by atoms with Gasteiger partial charge in [0.2, 0.25) is 5.95 Å². The molecule has 6 rings (SSSR count). The van der Waals surface area contributed by atoms with Crippen LogP contribution >= 0.6 is 7.14 Å². The number of para-hydroxylation sites is 1. The highest BCUT2D eigenvalue weighted by molar-refractivity contribution is 7.70. The van der Waals surface area contributed by atoms with E-state index in [1.165, 1.54) is 5.69 Å². The molecule has 40 heavy (non-hydrogen) atoms. The van der Waals surface area contributed by atoms with Crippen molar-refractivity contribution in [1.82, 2.24) is 19.7 Å². The largest absolute Gasteiger partial charge is 0.492 e. The maximum atomic E-state index is 13.0. The van der Waals surface area contributed by atoms with Gasteiger partial charge < -0.3 is 24.8 Å². The summed E-state index contributed by atoms with van der Waals surface area (Å²) in [6.45, 7) is 7.00. The van der Waals surface area contributed by atoms with E-state index >= 15 is 0 Å². The zero-order valence-electron chi connectivity index (χ0n) is 23.7. The molecule has 9 nitrogen and oxygen atoms in total. The Labute approximate surface area is 235 Å². The number of hydrogen-bond acceptors (Lipinski definition) is 8. The number of likely N-dealkylation sites (N-methyl/N-ethyl adjacent to an activating group) is 1. The van der Waals surface area contributed by atoms with Crippen LogP contribution in [-0.2, 0) is 18.0 Å². The topological polar surface area (TPSA) is 97.2 Å². The van der Waals surface area contributed by atoms with Gasteiger partial charge in [-0.2, -0.15) is 10.1 Å². The first-order valence-electron chi connectivity index (χ1n) is 13.8. The van der Waals surface area contributed by atoms with Crippen LogP contribution in [0.1, 0.15) is 36.9 Å². The third-order valence-corrected chi connectivity index (χ3v) is 9.21. The number of hydrogen-bond donors (Lipinski definition) is 2. The summed E-state index contributed by atoms with van der Waals surface area (Å²) in [6, 6.07) is 12.0. The smallest absolute Gasteiger partial charge is 0.229 e. The van der Waals surface area contributed by atoms with Gasteiger partial charge in [0.15, 0.2) is 0 Å². The molecule has 0 saturated heterocycles. The van der Waals surface area contributed by atoms with Crippen molar-refractivity contribution in [2.45, 2.75) is 32.1 Å². The second kappa shape index (κ2) is 10.3. The number of fused-ring (bicyclic) bond motifs is 3. The van der Waals surface area contributed by atoms with E-state index in [0.29, 0.717) is 18.5 Å². The minimum Gasteiger partial charge on any atom is -0.492 e. The molecule has 4 aromatic rings. The summed E-state index contributed by atoms with van der Waals surface area (Å²) in [5.74, 6) is 2.38. The lowest BCUT2D eigenvalue weighted by molar-refractivity contribution is 0.342. The Kier molecular flexibility index (Phi) is 6.78. The van der Waals surface area contributed by atoms with Crippen LogP contribution in [0.25, 0.3) is 11.1 Å². The number of nitrogens with zero attached hydrogens (tertiary/aromatic N) is 5. The number of benzene rings is 2. The molecule has 10 heteroatoms. The molecule has 1 fully saturated rings. The third-order valence-electron chi connectivity index (χ3n) is 7.66. The van der Waals surface area contributed by atoms with Crippen LogP contribution in [0.4, 0.5) is 28.8 Å². The maximum Gasteiger partial charge on any atom is 0.229 e. The third kappa shape index (κ3) is 5.06. The first-order chi connectivity index (χ1) is 19.2. The molecule has 2 aromatic heterocycles. The van der Waals surface area contributed by atoms with Crippen molar-refractivity contribution in [3.05, 3.63) is 60.0 Å². The Balaban J connectivity index is 1.41. The number of ether oxygens (including phenoxy) is 1. The van der Waals surface area contributed by atoms with E-state index in [0.717, 1.165) is 76.4 Å². The highest BCUT2D eigenvalue weighted by Gasteiger charge is 2.29. The van der Waals surface area contributed by atoms with E-state index in [4.69, 9.17) is 14.7 Å². The van der Waals surface area contributed by atoms with Crippen LogP contribution in [0.3, 0.4) is 0 Å². The SMILES string of the molecule is CCOc1cc2c(cc1Nc1ncc(C3CC3)c(Nc3ccccc3P(C)(C)=O)n1)-c1cnn(C)c1CCN2C. The predicted molar refractivity (Wildman–Crippen MR) is 163 cm³/mol. The number of aryl methyl sites for hydroxylation is 1. The summed E-state index contributed by atoms with van der Waals surface area (Å²) >= 11 is 0. The minimum absolute atomic E-state index is 0.435. The highest BCUT2D eigenvalue weighted by Crippen LogP contribution is 2.46. The van der Waals surface area contributed by atoms with Gasteiger partial charge in [0.05, 0.1) is 24.2 Å². The Morgan fingerprint density at radius 2 is 1.85 bits per heavy atom. The second-order valence-electron chi connectivity index (χ2n) is 11.0. The molecule has 2 N–H and O–H groups in total. The van der Waals surface area contributed by atoms with Crippen molar-refractivity contribution in [3.8, 4) is 16.9 Å². The molecular formula is C30H36N7O2P. The molecule has 2 aliphatic rings. The fourth-order valence-electron chi connectivity index (χ4n) is 5.39. The normalized spacial score (nSPS) is 14.8. The fourth-order valence-corrected chi connectivity index (χ4v) is 6.55. The van der Waals surface area contributed by atoms with Gasteiger partial charge in [-0.1, -0.05) is 12.1 Å². The lowest BCUT2D eigenvalue weighted by atomic mass is 10.0. The number of rotatable bonds is 8. The van der Waals surface area contributed by atoms with E-state index in [1.54, 1.807) is 13.3 Å². The van der Waals surface area contributed by atoms with Crippen molar-refractivity contribution < 1.29 is 9.30 Å². The zero-order chi connectivity index (χ0) is 28.0. The van der Waals surface area contributed by atoms with E-state index < -0.39 is 7.14 Å². The zero-order valence-corrected chi connectivity index (χ0v) is 24.6. The van der Waals surface area contributed by atoms with Crippen LogP contribution < -0.4 is 25.6 Å². The van der Waals surface area contributed by atoms with E-state index in [9.17, 15) is 4.57 Å². The molecule has 0 radical (unpaired) electrons. The molecule has 1 aliphatic carbocycles. The number of nitrogens with one attached hydrogen (secondary N) is 2. The Bertz CT molecular complexity index is 1620. The fraction of sp³-hybridized carbons (Fsp3) is 0.367. The maximum absolute atomic E-state index is 13.0. The summed E-state index contributed by atoms with van der Waals surface area (Å²) in [5.41, 5.74) is 7.22. The number of aromatic nitrogens is 4. The predicted octanol–water partition coefficient (Wildman–Crippen LogP) is 5.88. The molecule has 208 valence electrons. The van der Waals surface area contributed by atoms with Crippen LogP contribution in [0.15, 0.2) is 48.8 Å². The Morgan fingerprint density at radius 1 is 1.05 bits per heavy atom. The molecule has 0 spiro atoms. The summed E-state index contributed by atoms with van der Waals surface area (Å²) in [7, 11) is 1.62. The second-order valence-corrected chi connectivity index (χ2v) is 14.2. The van der Waals surface area contributed by atoms with Crippen molar-refractivity contribution in [3.63, 3.8) is 0 Å². The average molecular weight is 558 g/mol. The van der Waals surface area contributed by atoms with Crippen molar-refractivity contribution >= 4 is 41.3 Å². The van der Waals surface area contributed by atoms with Gasteiger partial charge >= 0.3 is 0 Å². The van der Waals surface area contributed by atoms with Crippen LogP contribution in [-0.4, -0.2) is 53.3 Å². The van der Waals surface area contributed by atoms with Crippen molar-refractivity contribution in [1.29, 1.82) is 0 Å². The highest BCUT2D eigenvalue weighted by atomic mass is 31.2. The molecule has 0 unspecified atom stereocenters. The van der Waals surface area contributed by atoms with Gasteiger partial charge in [-0.3, -0.25) is 4.68 Å². The molecule has 1 saturated carbocycles. The molecule has 0 amide bonds. The van der Waals surface area contributed by atoms with Gasteiger partial charge in [0, 0.05) is 72.7 Å². The molecular weight excluding hydrogens is 521 g/mol. The summed E-state index contributed by atoms with van der Waals surface area (Å²) in [5, 5.41) is 12.3. The molecule has 1 aliphatic heterocycles. The quantitative estimate of drug-likeness (QED) is 0.259. The van der Waals surface area contributed by atoms with Crippen LogP contribution in [0.5, 0.6) is 5.75 Å². The van der Waals surface area contributed by atoms with Crippen molar-refractivity contribution in [2.75, 3.05) is 49.1 Å². The molecule has 0 bridgehead atoms. The molecule has 0 atom stereocenters. The first-order valence-corrected chi connectivity index (χ1v) is 16.4. The van der Waals surface area contributed by atoms with Gasteiger partial charge in [0.1, 0.15) is 18.7 Å². The van der Waals surface area contributed by atoms with Crippen LogP contribution in [0, 0.1) is 0 Å². The van der Waals surface area contributed by atoms with Gasteiger partial charge in [0.25, 0.3) is 0 Å². The lowest BCUT2D eigenvalue weighted by Crippen LogP contribution is -2.20. The molecule has 3 heterocycles. The number of anilines is 5. The summed E-state index contributed by atoms with van der Waals surface area (Å²) in [4.78, 5) is 11.9. The lowest BCUT2D eigenvalue weighted by Gasteiger charge is -2.22. The first kappa shape index (κ1) is 26.4. The van der Waals surface area contributed by atoms with Gasteiger partial charge in [-0.25, -0.2) is 4.98 Å². The monoisotopic (exact) mass is 557 g/mol. The molecule has 2 aromatic carbocycles. The minimum atomic E-state index is -2.49. The standard InChI is InChI=1S/C30H36N7O2P/c1-6-39-27-16-26-20(22-18-32-37(3)25(22)13-14-36(26)2)15-24(27)34-30-31-17-21(19-11-12-19)29(35-30)33-23-9-7-8-10-28(23)40(4,5)38/h7-10,15-19H,6,11-14H2,1-5H3,(H2,31,33,34,35). The van der Waals surface area contributed by atoms with E-state index in [-0.39, 0.29) is 0 Å². The van der Waals surface area contributed by atoms with Crippen LogP contribution in [0.2, 0.25) is 0 Å². The van der Waals surface area contributed by atoms with Gasteiger partial charge in [-0.15, -0.1) is 0 Å². The summed E-state index contributed by atoms with van der Waals surface area (Å²) in [6.07, 6.45) is 7.00. The van der Waals surface area contributed by atoms with E-state index in [2.05, 4.69) is 39.8 Å². The van der Waals surface area contributed by atoms with E-state index in [1.807, 2.05) is 55.3 Å². The van der Waals surface area contributed by atoms with Gasteiger partial charge in [-0.05, 0) is 57.2 Å². The Hall–Kier alpha value is -3.84. The Morgan fingerprint density at radius 3 is 2.60 bits per heavy atom.